The Morgan fingerprint density at radius 1 is 1.05 bits per heavy atom. The van der Waals surface area contributed by atoms with Gasteiger partial charge in [-0.1, -0.05) is 46.5 Å². The molecule has 0 aromatic carbocycles. The molecule has 1 rings (SSSR count). The Bertz CT molecular complexity index is 275. The summed E-state index contributed by atoms with van der Waals surface area (Å²) in [7, 11) is -0.611. The second-order valence-electron chi connectivity index (χ2n) is 7.29. The summed E-state index contributed by atoms with van der Waals surface area (Å²) >= 11 is 0. The van der Waals surface area contributed by atoms with Crippen LogP contribution in [0.2, 0.25) is 13.1 Å². The van der Waals surface area contributed by atoms with Crippen LogP contribution in [0, 0.1) is 11.3 Å². The number of hydrogen-bond acceptors (Lipinski definition) is 1. The highest BCUT2D eigenvalue weighted by Gasteiger charge is 2.23. The Balaban J connectivity index is 2.71. The molecule has 0 bridgehead atoms. The van der Waals surface area contributed by atoms with E-state index in [1.807, 2.05) is 0 Å². The molecule has 1 aliphatic carbocycles. The van der Waals surface area contributed by atoms with Crippen molar-refractivity contribution in [2.75, 3.05) is 0 Å². The Morgan fingerprint density at radius 2 is 1.68 bits per heavy atom. The fraction of sp³-hybridized carbons (Fsp3) is 0.882. The summed E-state index contributed by atoms with van der Waals surface area (Å²) in [5, 5.41) is 0. The lowest BCUT2D eigenvalue weighted by Crippen LogP contribution is -2.20. The largest absolute Gasteiger partial charge is 0.546 e. The highest BCUT2D eigenvalue weighted by atomic mass is 28.3. The topological polar surface area (TPSA) is 9.23 Å². The molecule has 0 saturated carbocycles. The second kappa shape index (κ2) is 8.14. The predicted octanol–water partition coefficient (Wildman–Crippen LogP) is 5.93. The van der Waals surface area contributed by atoms with Gasteiger partial charge in [-0.15, -0.1) is 0 Å². The summed E-state index contributed by atoms with van der Waals surface area (Å²) < 4.78 is 6.09. The molecule has 1 unspecified atom stereocenters. The summed E-state index contributed by atoms with van der Waals surface area (Å²) in [6, 6.07) is 0. The van der Waals surface area contributed by atoms with E-state index >= 15 is 0 Å². The molecule has 0 amide bonds. The van der Waals surface area contributed by atoms with Crippen LogP contribution in [0.25, 0.3) is 0 Å². The van der Waals surface area contributed by atoms with Crippen molar-refractivity contribution in [2.24, 2.45) is 11.3 Å². The summed E-state index contributed by atoms with van der Waals surface area (Å²) in [6.45, 7) is 11.6. The van der Waals surface area contributed by atoms with Gasteiger partial charge in [0, 0.05) is 6.42 Å². The van der Waals surface area contributed by atoms with Crippen molar-refractivity contribution < 1.29 is 4.43 Å². The minimum atomic E-state index is -0.611. The smallest absolute Gasteiger partial charge is 0.273 e. The Morgan fingerprint density at radius 3 is 2.32 bits per heavy atom. The molecule has 1 nitrogen and oxygen atoms in total. The molecule has 1 radical (unpaired) electrons. The Kier molecular flexibility index (Phi) is 7.20. The molecule has 0 saturated heterocycles. The van der Waals surface area contributed by atoms with E-state index in [9.17, 15) is 0 Å². The minimum Gasteiger partial charge on any atom is -0.546 e. The third-order valence-corrected chi connectivity index (χ3v) is 4.84. The van der Waals surface area contributed by atoms with Crippen molar-refractivity contribution in [3.8, 4) is 0 Å². The van der Waals surface area contributed by atoms with Crippen molar-refractivity contribution in [3.05, 3.63) is 11.8 Å². The molecule has 0 aromatic rings. The monoisotopic (exact) mass is 281 g/mol. The highest BCUT2D eigenvalue weighted by molar-refractivity contribution is 6.48. The van der Waals surface area contributed by atoms with Crippen molar-refractivity contribution in [1.82, 2.24) is 0 Å². The first-order valence-electron chi connectivity index (χ1n) is 8.06. The summed E-state index contributed by atoms with van der Waals surface area (Å²) in [5.74, 6) is 2.09. The molecule has 0 N–H and O–H groups in total. The summed E-state index contributed by atoms with van der Waals surface area (Å²) in [6.07, 6.45) is 13.1. The van der Waals surface area contributed by atoms with Gasteiger partial charge in [0.25, 0.3) is 9.04 Å². The minimum absolute atomic E-state index is 0.419. The molecule has 0 fully saturated rings. The zero-order valence-corrected chi connectivity index (χ0v) is 14.7. The molecule has 0 aromatic heterocycles. The van der Waals surface area contributed by atoms with Crippen LogP contribution >= 0.6 is 0 Å². The van der Waals surface area contributed by atoms with Gasteiger partial charge in [0.2, 0.25) is 0 Å². The molecular formula is C17H33OSi. The first-order chi connectivity index (χ1) is 8.89. The van der Waals surface area contributed by atoms with Gasteiger partial charge >= 0.3 is 0 Å². The van der Waals surface area contributed by atoms with Crippen LogP contribution in [0.1, 0.15) is 72.1 Å². The van der Waals surface area contributed by atoms with Gasteiger partial charge in [-0.3, -0.25) is 0 Å². The van der Waals surface area contributed by atoms with Gasteiger partial charge in [0.15, 0.2) is 0 Å². The predicted molar refractivity (Wildman–Crippen MR) is 86.5 cm³/mol. The summed E-state index contributed by atoms with van der Waals surface area (Å²) in [4.78, 5) is 0. The first-order valence-corrected chi connectivity index (χ1v) is 10.5. The van der Waals surface area contributed by atoms with E-state index in [0.717, 1.165) is 12.3 Å². The van der Waals surface area contributed by atoms with Gasteiger partial charge in [0.1, 0.15) is 0 Å². The van der Waals surface area contributed by atoms with Crippen LogP contribution < -0.4 is 0 Å². The third kappa shape index (κ3) is 7.19. The quantitative estimate of drug-likeness (QED) is 0.570. The van der Waals surface area contributed by atoms with Gasteiger partial charge in [-0.2, -0.15) is 0 Å². The van der Waals surface area contributed by atoms with Crippen LogP contribution in [0.4, 0.5) is 0 Å². The normalized spacial score (nSPS) is 26.4. The fourth-order valence-corrected chi connectivity index (χ4v) is 3.57. The van der Waals surface area contributed by atoms with Gasteiger partial charge in [-0.25, -0.2) is 0 Å². The van der Waals surface area contributed by atoms with E-state index in [0.29, 0.717) is 5.41 Å². The van der Waals surface area contributed by atoms with E-state index in [1.165, 1.54) is 50.7 Å². The van der Waals surface area contributed by atoms with Crippen LogP contribution in [-0.4, -0.2) is 9.04 Å². The van der Waals surface area contributed by atoms with Crippen molar-refractivity contribution in [3.63, 3.8) is 0 Å². The maximum Gasteiger partial charge on any atom is 0.273 e. The van der Waals surface area contributed by atoms with Gasteiger partial charge < -0.3 is 4.43 Å². The van der Waals surface area contributed by atoms with E-state index in [-0.39, 0.29) is 0 Å². The van der Waals surface area contributed by atoms with Crippen LogP contribution in [0.3, 0.4) is 0 Å². The lowest BCUT2D eigenvalue weighted by molar-refractivity contribution is 0.220. The summed E-state index contributed by atoms with van der Waals surface area (Å²) in [5.41, 5.74) is 0.419. The Hall–Kier alpha value is -0.243. The molecule has 1 atom stereocenters. The molecule has 19 heavy (non-hydrogen) atoms. The van der Waals surface area contributed by atoms with E-state index in [2.05, 4.69) is 39.9 Å². The van der Waals surface area contributed by atoms with Crippen molar-refractivity contribution in [1.29, 1.82) is 0 Å². The fourth-order valence-electron chi connectivity index (χ4n) is 2.86. The maximum atomic E-state index is 6.09. The van der Waals surface area contributed by atoms with Crippen LogP contribution in [0.15, 0.2) is 11.8 Å². The molecule has 0 heterocycles. The lowest BCUT2D eigenvalue weighted by atomic mass is 9.76. The Labute approximate surface area is 122 Å². The standard InChI is InChI=1S/C17H33OSi/c1-17(2,3)15-11-9-7-6-8-10-12-16(14-13-15)18-19(4)5/h14-15H,6-13H2,1-5H3/b16-14+. The van der Waals surface area contributed by atoms with Crippen LogP contribution in [-0.2, 0) is 4.43 Å². The average Bonchev–Trinajstić information content (AvgIpc) is 2.32. The van der Waals surface area contributed by atoms with Crippen molar-refractivity contribution >= 4 is 9.04 Å². The lowest BCUT2D eigenvalue weighted by Gasteiger charge is -2.30. The average molecular weight is 282 g/mol. The van der Waals surface area contributed by atoms with E-state index < -0.39 is 9.04 Å². The van der Waals surface area contributed by atoms with Crippen LogP contribution in [0.5, 0.6) is 0 Å². The van der Waals surface area contributed by atoms with Gasteiger partial charge in [-0.05, 0) is 49.8 Å². The first kappa shape index (κ1) is 16.8. The zero-order chi connectivity index (χ0) is 14.3. The number of hydrogen-bond donors (Lipinski definition) is 0. The van der Waals surface area contributed by atoms with E-state index in [1.54, 1.807) is 0 Å². The third-order valence-electron chi connectivity index (χ3n) is 4.17. The zero-order valence-electron chi connectivity index (χ0n) is 13.7. The highest BCUT2D eigenvalue weighted by Crippen LogP contribution is 2.34. The molecule has 0 spiro atoms. The molecular weight excluding hydrogens is 248 g/mol. The SMILES string of the molecule is C[Si](C)O/C1=C/CC(C(C)(C)C)CCCCCCC1. The maximum absolute atomic E-state index is 6.09. The molecule has 0 aliphatic heterocycles. The molecule has 111 valence electrons. The molecule has 1 aliphatic rings. The van der Waals surface area contributed by atoms with E-state index in [4.69, 9.17) is 4.43 Å². The molecule has 2 heteroatoms. The second-order valence-corrected chi connectivity index (χ2v) is 9.31. The number of allylic oxidation sites excluding steroid dienone is 2. The van der Waals surface area contributed by atoms with Gasteiger partial charge in [0.05, 0.1) is 5.76 Å². The number of rotatable bonds is 2. The van der Waals surface area contributed by atoms with Crippen molar-refractivity contribution in [2.45, 2.75) is 85.2 Å².